The molecule has 27 heavy (non-hydrogen) atoms. The van der Waals surface area contributed by atoms with Crippen LogP contribution in [0.1, 0.15) is 21.9 Å². The van der Waals surface area contributed by atoms with E-state index in [1.165, 1.54) is 19.2 Å². The molecule has 0 amide bonds. The number of aromatic nitrogens is 5. The molecule has 0 aliphatic heterocycles. The standard InChI is InChI=1S/C18H15FN6O2/c1-10-8-14(24-23-10)20-18-22-17(21-15-4-3-7-25(15)18)16(26)12-9-11(19)5-6-13(12)27-2/h3-9H,1-2H3,(H2,20,21,22,23,24). The number of anilines is 2. The number of nitrogens with one attached hydrogen (secondary N) is 2. The Morgan fingerprint density at radius 2 is 2.11 bits per heavy atom. The van der Waals surface area contributed by atoms with Gasteiger partial charge in [0.2, 0.25) is 17.6 Å². The van der Waals surface area contributed by atoms with Gasteiger partial charge in [0.1, 0.15) is 17.2 Å². The molecule has 0 saturated heterocycles. The number of hydrogen-bond acceptors (Lipinski definition) is 6. The third-order valence-electron chi connectivity index (χ3n) is 3.94. The number of halogens is 1. The van der Waals surface area contributed by atoms with E-state index >= 15 is 0 Å². The minimum Gasteiger partial charge on any atom is -0.496 e. The predicted molar refractivity (Wildman–Crippen MR) is 96.0 cm³/mol. The van der Waals surface area contributed by atoms with Gasteiger partial charge < -0.3 is 10.1 Å². The van der Waals surface area contributed by atoms with Crippen LogP contribution in [0.15, 0.2) is 42.6 Å². The number of ketones is 1. The Bertz CT molecular complexity index is 1150. The molecule has 0 aliphatic carbocycles. The molecule has 9 heteroatoms. The number of aryl methyl sites for hydroxylation is 1. The monoisotopic (exact) mass is 366 g/mol. The molecule has 0 fully saturated rings. The summed E-state index contributed by atoms with van der Waals surface area (Å²) in [6.45, 7) is 1.87. The van der Waals surface area contributed by atoms with E-state index in [2.05, 4.69) is 25.5 Å². The number of carbonyl (C=O) groups is 1. The summed E-state index contributed by atoms with van der Waals surface area (Å²) in [5, 5.41) is 9.99. The van der Waals surface area contributed by atoms with Gasteiger partial charge in [-0.25, -0.2) is 9.37 Å². The number of carbonyl (C=O) groups excluding carboxylic acids is 1. The summed E-state index contributed by atoms with van der Waals surface area (Å²) < 4.78 is 20.5. The minimum absolute atomic E-state index is 0.0509. The molecule has 0 aliphatic rings. The average molecular weight is 366 g/mol. The fraction of sp³-hybridized carbons (Fsp3) is 0.111. The number of hydrogen-bond donors (Lipinski definition) is 2. The molecule has 0 unspecified atom stereocenters. The Labute approximate surface area is 153 Å². The second-order valence-corrected chi connectivity index (χ2v) is 5.84. The van der Waals surface area contributed by atoms with Gasteiger partial charge in [-0.15, -0.1) is 0 Å². The zero-order chi connectivity index (χ0) is 19.0. The molecule has 3 aromatic heterocycles. The zero-order valence-corrected chi connectivity index (χ0v) is 14.5. The van der Waals surface area contributed by atoms with Crippen LogP contribution in [0.3, 0.4) is 0 Å². The largest absolute Gasteiger partial charge is 0.496 e. The molecule has 0 saturated carbocycles. The first-order valence-corrected chi connectivity index (χ1v) is 8.07. The molecule has 136 valence electrons. The van der Waals surface area contributed by atoms with Gasteiger partial charge in [0.15, 0.2) is 5.82 Å². The maximum absolute atomic E-state index is 13.7. The first-order valence-electron chi connectivity index (χ1n) is 8.07. The third kappa shape index (κ3) is 3.10. The molecular weight excluding hydrogens is 351 g/mol. The lowest BCUT2D eigenvalue weighted by atomic mass is 10.1. The molecular formula is C18H15FN6O2. The predicted octanol–water partition coefficient (Wildman–Crippen LogP) is 2.88. The molecule has 0 radical (unpaired) electrons. The number of nitrogens with zero attached hydrogens (tertiary/aromatic N) is 4. The van der Waals surface area contributed by atoms with E-state index in [9.17, 15) is 9.18 Å². The fourth-order valence-corrected chi connectivity index (χ4v) is 2.69. The molecule has 2 N–H and O–H groups in total. The van der Waals surface area contributed by atoms with Gasteiger partial charge in [0.05, 0.1) is 12.7 Å². The Balaban J connectivity index is 1.80. The SMILES string of the molecule is COc1ccc(F)cc1C(=O)c1nc(Nc2cc(C)[nH]n2)n2cccc2n1. The average Bonchev–Trinajstić information content (AvgIpc) is 3.29. The van der Waals surface area contributed by atoms with Crippen molar-refractivity contribution in [3.63, 3.8) is 0 Å². The highest BCUT2D eigenvalue weighted by Gasteiger charge is 2.20. The van der Waals surface area contributed by atoms with Crippen molar-refractivity contribution in [1.82, 2.24) is 24.6 Å². The molecule has 3 heterocycles. The summed E-state index contributed by atoms with van der Waals surface area (Å²) in [4.78, 5) is 21.5. The Morgan fingerprint density at radius 1 is 1.26 bits per heavy atom. The van der Waals surface area contributed by atoms with Crippen LogP contribution in [0.4, 0.5) is 16.2 Å². The van der Waals surface area contributed by atoms with Crippen LogP contribution in [0, 0.1) is 12.7 Å². The molecule has 0 atom stereocenters. The topological polar surface area (TPSA) is 97.2 Å². The number of aromatic amines is 1. The zero-order valence-electron chi connectivity index (χ0n) is 14.5. The van der Waals surface area contributed by atoms with Gasteiger partial charge in [0.25, 0.3) is 0 Å². The Morgan fingerprint density at radius 3 is 2.85 bits per heavy atom. The van der Waals surface area contributed by atoms with Crippen molar-refractivity contribution in [2.75, 3.05) is 12.4 Å². The summed E-state index contributed by atoms with van der Waals surface area (Å²) >= 11 is 0. The highest BCUT2D eigenvalue weighted by atomic mass is 19.1. The normalized spacial score (nSPS) is 10.9. The number of fused-ring (bicyclic) bond motifs is 1. The third-order valence-corrected chi connectivity index (χ3v) is 3.94. The van der Waals surface area contributed by atoms with E-state index in [-0.39, 0.29) is 17.1 Å². The Kier molecular flexibility index (Phi) is 4.03. The van der Waals surface area contributed by atoms with Crippen molar-refractivity contribution in [3.8, 4) is 5.75 Å². The molecule has 4 rings (SSSR count). The number of benzene rings is 1. The molecule has 0 bridgehead atoms. The molecule has 1 aromatic carbocycles. The smallest absolute Gasteiger partial charge is 0.234 e. The number of methoxy groups -OCH3 is 1. The fourth-order valence-electron chi connectivity index (χ4n) is 2.69. The van der Waals surface area contributed by atoms with Crippen molar-refractivity contribution < 1.29 is 13.9 Å². The van der Waals surface area contributed by atoms with Gasteiger partial charge in [-0.2, -0.15) is 10.1 Å². The second-order valence-electron chi connectivity index (χ2n) is 5.84. The van der Waals surface area contributed by atoms with Gasteiger partial charge in [-0.1, -0.05) is 0 Å². The minimum atomic E-state index is -0.548. The Hall–Kier alpha value is -3.75. The van der Waals surface area contributed by atoms with Gasteiger partial charge in [-0.3, -0.25) is 14.3 Å². The summed E-state index contributed by atoms with van der Waals surface area (Å²) in [5.41, 5.74) is 1.43. The van der Waals surface area contributed by atoms with Crippen LogP contribution in [0.25, 0.3) is 5.65 Å². The first-order chi connectivity index (χ1) is 13.0. The van der Waals surface area contributed by atoms with E-state index in [0.717, 1.165) is 11.8 Å². The van der Waals surface area contributed by atoms with Gasteiger partial charge in [0, 0.05) is 18.0 Å². The lowest BCUT2D eigenvalue weighted by molar-refractivity contribution is 0.102. The van der Waals surface area contributed by atoms with Crippen molar-refractivity contribution >= 4 is 23.2 Å². The number of rotatable bonds is 5. The highest BCUT2D eigenvalue weighted by Crippen LogP contribution is 2.23. The summed E-state index contributed by atoms with van der Waals surface area (Å²) in [6.07, 6.45) is 1.76. The van der Waals surface area contributed by atoms with E-state index in [1.54, 1.807) is 28.8 Å². The van der Waals surface area contributed by atoms with E-state index < -0.39 is 11.6 Å². The second kappa shape index (κ2) is 6.52. The number of H-pyrrole nitrogens is 1. The van der Waals surface area contributed by atoms with Crippen LogP contribution in [-0.4, -0.2) is 37.5 Å². The van der Waals surface area contributed by atoms with Crippen LogP contribution in [0.2, 0.25) is 0 Å². The van der Waals surface area contributed by atoms with Crippen molar-refractivity contribution in [2.24, 2.45) is 0 Å². The molecule has 8 nitrogen and oxygen atoms in total. The van der Waals surface area contributed by atoms with Crippen molar-refractivity contribution in [3.05, 3.63) is 65.5 Å². The van der Waals surface area contributed by atoms with E-state index in [4.69, 9.17) is 4.74 Å². The van der Waals surface area contributed by atoms with Crippen LogP contribution in [-0.2, 0) is 0 Å². The first kappa shape index (κ1) is 16.7. The summed E-state index contributed by atoms with van der Waals surface area (Å²) in [6, 6.07) is 9.04. The number of ether oxygens (including phenoxy) is 1. The lowest BCUT2D eigenvalue weighted by Crippen LogP contribution is -2.13. The molecule has 4 aromatic rings. The van der Waals surface area contributed by atoms with Crippen molar-refractivity contribution in [1.29, 1.82) is 0 Å². The van der Waals surface area contributed by atoms with Gasteiger partial charge >= 0.3 is 0 Å². The quantitative estimate of drug-likeness (QED) is 0.527. The summed E-state index contributed by atoms with van der Waals surface area (Å²) in [5.74, 6) is -0.0275. The van der Waals surface area contributed by atoms with E-state index in [1.807, 2.05) is 6.92 Å². The van der Waals surface area contributed by atoms with E-state index in [0.29, 0.717) is 17.4 Å². The maximum Gasteiger partial charge on any atom is 0.234 e. The van der Waals surface area contributed by atoms with Crippen molar-refractivity contribution in [2.45, 2.75) is 6.92 Å². The molecule has 0 spiro atoms. The van der Waals surface area contributed by atoms with Gasteiger partial charge in [-0.05, 0) is 37.3 Å². The van der Waals surface area contributed by atoms with Crippen LogP contribution in [0.5, 0.6) is 5.75 Å². The summed E-state index contributed by atoms with van der Waals surface area (Å²) in [7, 11) is 1.41. The van der Waals surface area contributed by atoms with Crippen LogP contribution >= 0.6 is 0 Å². The lowest BCUT2D eigenvalue weighted by Gasteiger charge is -2.10. The highest BCUT2D eigenvalue weighted by molar-refractivity contribution is 6.08. The maximum atomic E-state index is 13.7. The van der Waals surface area contributed by atoms with Crippen LogP contribution < -0.4 is 10.1 Å².